The topological polar surface area (TPSA) is 65.8 Å². The molecule has 4 nitrogen and oxygen atoms in total. The summed E-state index contributed by atoms with van der Waals surface area (Å²) in [5, 5.41) is 11.2. The number of halogens is 3. The second-order valence-electron chi connectivity index (χ2n) is 5.67. The van der Waals surface area contributed by atoms with E-state index in [9.17, 15) is 23.2 Å². The van der Waals surface area contributed by atoms with E-state index in [4.69, 9.17) is 0 Å². The molecule has 0 saturated heterocycles. The Morgan fingerprint density at radius 1 is 1.31 bits per heavy atom. The van der Waals surface area contributed by atoms with Crippen molar-refractivity contribution in [3.8, 4) is 6.07 Å². The number of thioether (sulfide) groups is 1. The summed E-state index contributed by atoms with van der Waals surface area (Å²) in [6, 6.07) is 8.60. The van der Waals surface area contributed by atoms with Gasteiger partial charge in [-0.1, -0.05) is 23.9 Å². The Labute approximate surface area is 153 Å². The Bertz CT molecular complexity index is 875. The number of nitrogens with one attached hydrogen (secondary N) is 1. The zero-order valence-electron chi connectivity index (χ0n) is 14.3. The van der Waals surface area contributed by atoms with Gasteiger partial charge in [-0.2, -0.15) is 18.4 Å². The first-order chi connectivity index (χ1) is 12.1. The van der Waals surface area contributed by atoms with Gasteiger partial charge in [0.05, 0.1) is 22.1 Å². The molecule has 1 amide bonds. The number of hydrogen-bond acceptors (Lipinski definition) is 4. The summed E-state index contributed by atoms with van der Waals surface area (Å²) >= 11 is 1.04. The van der Waals surface area contributed by atoms with Crippen molar-refractivity contribution in [2.75, 3.05) is 5.32 Å². The summed E-state index contributed by atoms with van der Waals surface area (Å²) in [5.41, 5.74) is 0.576. The number of rotatable bonds is 4. The molecule has 0 aliphatic heterocycles. The molecule has 1 N–H and O–H groups in total. The normalized spacial score (nSPS) is 12.3. The van der Waals surface area contributed by atoms with Gasteiger partial charge in [-0.25, -0.2) is 4.98 Å². The number of hydrogen-bond donors (Lipinski definition) is 1. The van der Waals surface area contributed by atoms with Gasteiger partial charge in [0.25, 0.3) is 0 Å². The van der Waals surface area contributed by atoms with Gasteiger partial charge >= 0.3 is 6.18 Å². The predicted octanol–water partition coefficient (Wildman–Crippen LogP) is 4.71. The molecular formula is C18H16F3N3OS. The molecule has 136 valence electrons. The Morgan fingerprint density at radius 3 is 2.58 bits per heavy atom. The summed E-state index contributed by atoms with van der Waals surface area (Å²) in [6.45, 7) is 5.08. The van der Waals surface area contributed by atoms with Gasteiger partial charge in [0.15, 0.2) is 0 Å². The van der Waals surface area contributed by atoms with Crippen LogP contribution in [-0.4, -0.2) is 16.1 Å². The van der Waals surface area contributed by atoms with Gasteiger partial charge in [0.1, 0.15) is 11.1 Å². The standard InChI is InChI=1S/C18H16F3N3OS/c1-10-8-11(2)23-17(13(10)9-22)26-12(3)16(25)24-15-7-5-4-6-14(15)18(19,20)21/h4-8,12H,1-3H3,(H,24,25). The third-order valence-electron chi connectivity index (χ3n) is 3.57. The van der Waals surface area contributed by atoms with E-state index in [2.05, 4.69) is 16.4 Å². The van der Waals surface area contributed by atoms with E-state index < -0.39 is 22.9 Å². The first kappa shape index (κ1) is 19.8. The van der Waals surface area contributed by atoms with Gasteiger partial charge < -0.3 is 5.32 Å². The van der Waals surface area contributed by atoms with Crippen LogP contribution in [0.3, 0.4) is 0 Å². The zero-order chi connectivity index (χ0) is 19.5. The highest BCUT2D eigenvalue weighted by Crippen LogP contribution is 2.35. The van der Waals surface area contributed by atoms with E-state index in [1.807, 2.05) is 0 Å². The molecule has 26 heavy (non-hydrogen) atoms. The van der Waals surface area contributed by atoms with E-state index in [0.717, 1.165) is 23.4 Å². The second-order valence-corrected chi connectivity index (χ2v) is 6.99. The van der Waals surface area contributed by atoms with E-state index >= 15 is 0 Å². The van der Waals surface area contributed by atoms with Crippen LogP contribution in [0.2, 0.25) is 0 Å². The third kappa shape index (κ3) is 4.55. The van der Waals surface area contributed by atoms with Crippen LogP contribution in [0, 0.1) is 25.2 Å². The van der Waals surface area contributed by atoms with Gasteiger partial charge in [0, 0.05) is 5.69 Å². The minimum atomic E-state index is -4.57. The Morgan fingerprint density at radius 2 is 1.96 bits per heavy atom. The number of benzene rings is 1. The SMILES string of the molecule is Cc1cc(C)c(C#N)c(SC(C)C(=O)Nc2ccccc2C(F)(F)F)n1. The average Bonchev–Trinajstić information content (AvgIpc) is 2.54. The van der Waals surface area contributed by atoms with Crippen LogP contribution >= 0.6 is 11.8 Å². The molecule has 2 rings (SSSR count). The lowest BCUT2D eigenvalue weighted by Gasteiger charge is -2.16. The van der Waals surface area contributed by atoms with Crippen LogP contribution in [0.1, 0.15) is 29.3 Å². The number of para-hydroxylation sites is 1. The number of aryl methyl sites for hydroxylation is 2. The van der Waals surface area contributed by atoms with Crippen molar-refractivity contribution >= 4 is 23.4 Å². The summed E-state index contributed by atoms with van der Waals surface area (Å²) in [6.07, 6.45) is -4.57. The molecule has 1 heterocycles. The number of amides is 1. The van der Waals surface area contributed by atoms with Crippen LogP contribution in [0.4, 0.5) is 18.9 Å². The number of anilines is 1. The van der Waals surface area contributed by atoms with Crippen molar-refractivity contribution in [3.05, 3.63) is 52.7 Å². The van der Waals surface area contributed by atoms with Gasteiger partial charge in [-0.3, -0.25) is 4.79 Å². The quantitative estimate of drug-likeness (QED) is 0.782. The van der Waals surface area contributed by atoms with Crippen LogP contribution < -0.4 is 5.32 Å². The number of aromatic nitrogens is 1. The average molecular weight is 379 g/mol. The van der Waals surface area contributed by atoms with Crippen molar-refractivity contribution in [3.63, 3.8) is 0 Å². The maximum absolute atomic E-state index is 13.0. The maximum atomic E-state index is 13.0. The molecule has 1 atom stereocenters. The fraction of sp³-hybridized carbons (Fsp3) is 0.278. The van der Waals surface area contributed by atoms with E-state index in [-0.39, 0.29) is 5.69 Å². The molecule has 1 aromatic carbocycles. The summed E-state index contributed by atoms with van der Waals surface area (Å²) in [5.74, 6) is -0.600. The number of nitriles is 1. The van der Waals surface area contributed by atoms with Gasteiger partial charge in [0.2, 0.25) is 5.91 Å². The van der Waals surface area contributed by atoms with Crippen LogP contribution in [0.25, 0.3) is 0 Å². The summed E-state index contributed by atoms with van der Waals surface area (Å²) in [4.78, 5) is 16.6. The molecule has 1 aromatic heterocycles. The number of nitrogens with zero attached hydrogens (tertiary/aromatic N) is 2. The molecular weight excluding hydrogens is 363 g/mol. The monoisotopic (exact) mass is 379 g/mol. The predicted molar refractivity (Wildman–Crippen MR) is 93.8 cm³/mol. The molecule has 0 aliphatic carbocycles. The smallest absolute Gasteiger partial charge is 0.325 e. The van der Waals surface area contributed by atoms with Crippen molar-refractivity contribution < 1.29 is 18.0 Å². The van der Waals surface area contributed by atoms with Gasteiger partial charge in [-0.05, 0) is 44.5 Å². The summed E-state index contributed by atoms with van der Waals surface area (Å²) < 4.78 is 39.1. The maximum Gasteiger partial charge on any atom is 0.418 e. The number of alkyl halides is 3. The van der Waals surface area contributed by atoms with Crippen LogP contribution in [-0.2, 0) is 11.0 Å². The molecule has 1 unspecified atom stereocenters. The summed E-state index contributed by atoms with van der Waals surface area (Å²) in [7, 11) is 0. The molecule has 0 radical (unpaired) electrons. The lowest BCUT2D eigenvalue weighted by molar-refractivity contribution is -0.137. The van der Waals surface area contributed by atoms with Crippen molar-refractivity contribution in [2.45, 2.75) is 37.2 Å². The minimum Gasteiger partial charge on any atom is -0.325 e. The van der Waals surface area contributed by atoms with E-state index in [1.165, 1.54) is 18.2 Å². The van der Waals surface area contributed by atoms with Gasteiger partial charge in [-0.15, -0.1) is 0 Å². The molecule has 0 saturated carbocycles. The van der Waals surface area contributed by atoms with E-state index in [1.54, 1.807) is 26.8 Å². The van der Waals surface area contributed by atoms with Crippen molar-refractivity contribution in [2.24, 2.45) is 0 Å². The minimum absolute atomic E-state index is 0.300. The van der Waals surface area contributed by atoms with Crippen molar-refractivity contribution in [1.29, 1.82) is 5.26 Å². The van der Waals surface area contributed by atoms with E-state index in [0.29, 0.717) is 16.3 Å². The fourth-order valence-corrected chi connectivity index (χ4v) is 3.34. The second kappa shape index (κ2) is 7.79. The first-order valence-electron chi connectivity index (χ1n) is 7.65. The number of carbonyl (C=O) groups excluding carboxylic acids is 1. The van der Waals surface area contributed by atoms with Crippen molar-refractivity contribution in [1.82, 2.24) is 4.98 Å². The molecule has 8 heteroatoms. The molecule has 0 spiro atoms. The zero-order valence-corrected chi connectivity index (χ0v) is 15.1. The highest BCUT2D eigenvalue weighted by atomic mass is 32.2. The fourth-order valence-electron chi connectivity index (χ4n) is 2.32. The van der Waals surface area contributed by atoms with Crippen LogP contribution in [0.15, 0.2) is 35.4 Å². The molecule has 0 bridgehead atoms. The largest absolute Gasteiger partial charge is 0.418 e. The number of pyridine rings is 1. The lowest BCUT2D eigenvalue weighted by atomic mass is 10.1. The Kier molecular flexibility index (Phi) is 5.93. The molecule has 2 aromatic rings. The highest BCUT2D eigenvalue weighted by Gasteiger charge is 2.34. The number of carbonyl (C=O) groups is 1. The third-order valence-corrected chi connectivity index (χ3v) is 4.66. The molecule has 0 fully saturated rings. The Hall–Kier alpha value is -2.53. The first-order valence-corrected chi connectivity index (χ1v) is 8.53. The van der Waals surface area contributed by atoms with Crippen LogP contribution in [0.5, 0.6) is 0 Å². The lowest BCUT2D eigenvalue weighted by Crippen LogP contribution is -2.24. The molecule has 0 aliphatic rings. The Balaban J connectivity index is 2.22. The highest BCUT2D eigenvalue weighted by molar-refractivity contribution is 8.00.